The third-order valence-electron chi connectivity index (χ3n) is 4.55. The lowest BCUT2D eigenvalue weighted by Crippen LogP contribution is -2.09. The number of ether oxygens (including phenoxy) is 3. The summed E-state index contributed by atoms with van der Waals surface area (Å²) in [5.74, 6) is 0.859. The molecule has 0 saturated carbocycles. The molecule has 36 heavy (non-hydrogen) atoms. The number of hydrogen-bond donors (Lipinski definition) is 0. The highest BCUT2D eigenvalue weighted by molar-refractivity contribution is 7.86. The van der Waals surface area contributed by atoms with E-state index < -0.39 is 10.1 Å². The van der Waals surface area contributed by atoms with Crippen LogP contribution in [0.5, 0.6) is 11.5 Å². The Morgan fingerprint density at radius 1 is 0.972 bits per heavy atom. The van der Waals surface area contributed by atoms with Gasteiger partial charge < -0.3 is 14.2 Å². The Hall–Kier alpha value is -1.68. The highest BCUT2D eigenvalue weighted by Crippen LogP contribution is 2.37. The van der Waals surface area contributed by atoms with Crippen molar-refractivity contribution in [1.82, 2.24) is 0 Å². The largest absolute Gasteiger partial charge is 0.490 e. The molecule has 0 amide bonds. The summed E-state index contributed by atoms with van der Waals surface area (Å²) < 4.78 is 45.8. The molecule has 198 valence electrons. The van der Waals surface area contributed by atoms with Crippen molar-refractivity contribution in [1.29, 1.82) is 0 Å². The van der Waals surface area contributed by atoms with E-state index in [-0.39, 0.29) is 22.6 Å². The van der Waals surface area contributed by atoms with Crippen LogP contribution in [0.15, 0.2) is 57.0 Å². The van der Waals surface area contributed by atoms with E-state index in [1.54, 1.807) is 31.2 Å². The van der Waals surface area contributed by atoms with Gasteiger partial charge in [-0.25, -0.2) is 0 Å². The van der Waals surface area contributed by atoms with E-state index >= 15 is 0 Å². The predicted molar refractivity (Wildman–Crippen MR) is 144 cm³/mol. The van der Waals surface area contributed by atoms with Crippen LogP contribution in [-0.2, 0) is 19.1 Å². The Morgan fingerprint density at radius 2 is 1.61 bits per heavy atom. The Bertz CT molecular complexity index is 1130. The van der Waals surface area contributed by atoms with E-state index in [1.165, 1.54) is 18.2 Å². The first-order valence-corrected chi connectivity index (χ1v) is 13.9. The first-order chi connectivity index (χ1) is 17.1. The Kier molecular flexibility index (Phi) is 13.2. The smallest absolute Gasteiger partial charge is 0.358 e. The molecule has 2 aromatic carbocycles. The third kappa shape index (κ3) is 11.2. The Labute approximate surface area is 232 Å². The number of benzene rings is 2. The quantitative estimate of drug-likeness (QED) is 0.121. The lowest BCUT2D eigenvalue weighted by atomic mass is 10.2. The van der Waals surface area contributed by atoms with Gasteiger partial charge in [0.1, 0.15) is 21.7 Å². The number of nitrogens with zero attached hydrogens (tertiary/aromatic N) is 1. The maximum atomic E-state index is 12.1. The standard InChI is InChI=1S/C24H27Cl4NO6S/c1-17-6-8-20(9-7-17)36(30,31)35-29-18(2)16-32-11-4-3-5-12-34-24-21(25)14-19(15-22(24)26)33-13-10-23(27)28/h6-10,14-15H,3-5,11-13,16H2,1-2H3. The van der Waals surface area contributed by atoms with Gasteiger partial charge in [-0.2, -0.15) is 8.42 Å². The Balaban J connectivity index is 1.63. The van der Waals surface area contributed by atoms with E-state index in [4.69, 9.17) is 64.9 Å². The van der Waals surface area contributed by atoms with Gasteiger partial charge in [0, 0.05) is 18.7 Å². The second-order valence-electron chi connectivity index (χ2n) is 7.65. The zero-order valence-electron chi connectivity index (χ0n) is 19.8. The molecule has 12 heteroatoms. The van der Waals surface area contributed by atoms with Gasteiger partial charge in [0.2, 0.25) is 0 Å². The summed E-state index contributed by atoms with van der Waals surface area (Å²) in [5.41, 5.74) is 1.36. The molecule has 0 spiro atoms. The third-order valence-corrected chi connectivity index (χ3v) is 6.54. The fourth-order valence-electron chi connectivity index (χ4n) is 2.72. The fourth-order valence-corrected chi connectivity index (χ4v) is 4.21. The molecule has 0 bridgehead atoms. The topological polar surface area (TPSA) is 83.4 Å². The molecule has 0 saturated heterocycles. The van der Waals surface area contributed by atoms with Gasteiger partial charge in [-0.15, -0.1) is 0 Å². The number of halogens is 4. The van der Waals surface area contributed by atoms with Gasteiger partial charge >= 0.3 is 10.1 Å². The van der Waals surface area contributed by atoms with Crippen molar-refractivity contribution < 1.29 is 26.9 Å². The first-order valence-electron chi connectivity index (χ1n) is 11.0. The molecule has 0 unspecified atom stereocenters. The van der Waals surface area contributed by atoms with Gasteiger partial charge in [-0.05, 0) is 51.3 Å². The molecule has 0 heterocycles. The molecule has 0 aliphatic heterocycles. The number of oxime groups is 1. The number of rotatable bonds is 15. The highest BCUT2D eigenvalue weighted by Gasteiger charge is 2.15. The van der Waals surface area contributed by atoms with Crippen LogP contribution in [0.3, 0.4) is 0 Å². The van der Waals surface area contributed by atoms with E-state index in [1.807, 2.05) is 6.92 Å². The lowest BCUT2D eigenvalue weighted by molar-refractivity contribution is 0.162. The minimum Gasteiger partial charge on any atom is -0.490 e. The van der Waals surface area contributed by atoms with Gasteiger partial charge in [-0.1, -0.05) is 69.3 Å². The van der Waals surface area contributed by atoms with Crippen LogP contribution < -0.4 is 9.47 Å². The summed E-state index contributed by atoms with van der Waals surface area (Å²) in [5, 5.41) is 4.33. The molecular formula is C24H27Cl4NO6S. The minimum atomic E-state index is -3.95. The summed E-state index contributed by atoms with van der Waals surface area (Å²) >= 11 is 23.6. The highest BCUT2D eigenvalue weighted by atomic mass is 35.5. The second kappa shape index (κ2) is 15.5. The molecule has 0 N–H and O–H groups in total. The van der Waals surface area contributed by atoms with E-state index in [2.05, 4.69) is 5.16 Å². The zero-order valence-corrected chi connectivity index (χ0v) is 23.6. The van der Waals surface area contributed by atoms with Crippen molar-refractivity contribution in [3.05, 3.63) is 62.6 Å². The number of hydrogen-bond acceptors (Lipinski definition) is 7. The van der Waals surface area contributed by atoms with E-state index in [9.17, 15) is 8.42 Å². The second-order valence-corrected chi connectivity index (χ2v) is 11.0. The summed E-state index contributed by atoms with van der Waals surface area (Å²) in [7, 11) is -3.95. The molecule has 0 aliphatic carbocycles. The minimum absolute atomic E-state index is 0.0460. The summed E-state index contributed by atoms with van der Waals surface area (Å²) in [6.45, 7) is 4.74. The molecule has 2 rings (SSSR count). The monoisotopic (exact) mass is 597 g/mol. The van der Waals surface area contributed by atoms with Gasteiger partial charge in [0.15, 0.2) is 5.75 Å². The van der Waals surface area contributed by atoms with E-state index in [0.717, 1.165) is 24.8 Å². The summed E-state index contributed by atoms with van der Waals surface area (Å²) in [6.07, 6.45) is 3.89. The van der Waals surface area contributed by atoms with Crippen LogP contribution >= 0.6 is 46.4 Å². The van der Waals surface area contributed by atoms with Gasteiger partial charge in [0.25, 0.3) is 0 Å². The van der Waals surface area contributed by atoms with Crippen LogP contribution in [0.4, 0.5) is 0 Å². The zero-order chi connectivity index (χ0) is 26.6. The molecule has 2 aromatic rings. The molecule has 0 radical (unpaired) electrons. The number of unbranched alkanes of at least 4 members (excludes halogenated alkanes) is 2. The van der Waals surface area contributed by atoms with Crippen molar-refractivity contribution in [3.63, 3.8) is 0 Å². The Morgan fingerprint density at radius 3 is 2.25 bits per heavy atom. The van der Waals surface area contributed by atoms with Crippen LogP contribution in [0.25, 0.3) is 0 Å². The van der Waals surface area contributed by atoms with E-state index in [0.29, 0.717) is 40.5 Å². The average Bonchev–Trinajstić information content (AvgIpc) is 2.81. The van der Waals surface area contributed by atoms with Crippen molar-refractivity contribution in [3.8, 4) is 11.5 Å². The normalized spacial score (nSPS) is 11.8. The molecule has 0 aromatic heterocycles. The van der Waals surface area contributed by atoms with Crippen LogP contribution in [-0.4, -0.2) is 40.6 Å². The van der Waals surface area contributed by atoms with Gasteiger partial charge in [0.05, 0.1) is 29.0 Å². The van der Waals surface area contributed by atoms with Crippen molar-refractivity contribution >= 4 is 62.2 Å². The summed E-state index contributed by atoms with van der Waals surface area (Å²) in [4.78, 5) is 0.0460. The first kappa shape index (κ1) is 30.5. The predicted octanol–water partition coefficient (Wildman–Crippen LogP) is 7.35. The SMILES string of the molecule is CC(COCCCCCOc1c(Cl)cc(OCC=C(Cl)Cl)cc1Cl)=NOS(=O)(=O)c1ccc(C)cc1. The van der Waals surface area contributed by atoms with Crippen LogP contribution in [0, 0.1) is 6.92 Å². The maximum Gasteiger partial charge on any atom is 0.358 e. The molecule has 0 fully saturated rings. The molecule has 7 nitrogen and oxygen atoms in total. The maximum absolute atomic E-state index is 12.1. The summed E-state index contributed by atoms with van der Waals surface area (Å²) in [6, 6.07) is 9.53. The average molecular weight is 599 g/mol. The van der Waals surface area contributed by atoms with Crippen molar-refractivity contribution in [2.75, 3.05) is 26.4 Å². The van der Waals surface area contributed by atoms with Gasteiger partial charge in [-0.3, -0.25) is 4.28 Å². The molecule has 0 aliphatic rings. The lowest BCUT2D eigenvalue weighted by Gasteiger charge is -2.12. The fraction of sp³-hybridized carbons (Fsp3) is 0.375. The van der Waals surface area contributed by atoms with Crippen molar-refractivity contribution in [2.45, 2.75) is 38.0 Å². The molecule has 0 atom stereocenters. The van der Waals surface area contributed by atoms with Crippen molar-refractivity contribution in [2.24, 2.45) is 5.16 Å². The van der Waals surface area contributed by atoms with Crippen LogP contribution in [0.1, 0.15) is 31.7 Å². The van der Waals surface area contributed by atoms with Crippen LogP contribution in [0.2, 0.25) is 10.0 Å². The number of aryl methyl sites for hydroxylation is 1. The molecular weight excluding hydrogens is 572 g/mol.